The van der Waals surface area contributed by atoms with Crippen molar-refractivity contribution in [2.75, 3.05) is 6.54 Å². The molecular weight excluding hydrogens is 206 g/mol. The molecule has 2 unspecified atom stereocenters. The monoisotopic (exact) mass is 237 g/mol. The Kier molecular flexibility index (Phi) is 7.59. The minimum atomic E-state index is 0.524. The van der Waals surface area contributed by atoms with E-state index >= 15 is 0 Å². The van der Waals surface area contributed by atoms with Crippen LogP contribution in [0.1, 0.15) is 65.7 Å². The molecule has 0 heterocycles. The van der Waals surface area contributed by atoms with Gasteiger partial charge in [-0.05, 0) is 38.1 Å². The van der Waals surface area contributed by atoms with Crippen molar-refractivity contribution in [2.45, 2.75) is 71.8 Å². The SMILES string of the molecule is CCNC(C)C=CC(C)C1CCCCCCC1. The molecule has 1 rings (SSSR count). The Bertz CT molecular complexity index is 202. The van der Waals surface area contributed by atoms with Crippen LogP contribution in [0.3, 0.4) is 0 Å². The van der Waals surface area contributed by atoms with E-state index in [0.717, 1.165) is 18.4 Å². The van der Waals surface area contributed by atoms with Crippen LogP contribution in [0.5, 0.6) is 0 Å². The van der Waals surface area contributed by atoms with E-state index in [0.29, 0.717) is 6.04 Å². The van der Waals surface area contributed by atoms with Crippen molar-refractivity contribution in [1.29, 1.82) is 0 Å². The predicted octanol–water partition coefficient (Wildman–Crippen LogP) is 4.54. The molecule has 0 aliphatic heterocycles. The van der Waals surface area contributed by atoms with E-state index in [9.17, 15) is 0 Å². The van der Waals surface area contributed by atoms with Crippen molar-refractivity contribution < 1.29 is 0 Å². The molecule has 0 amide bonds. The zero-order valence-electron chi connectivity index (χ0n) is 12.0. The summed E-state index contributed by atoms with van der Waals surface area (Å²) in [5.74, 6) is 1.69. The van der Waals surface area contributed by atoms with Crippen LogP contribution in [-0.4, -0.2) is 12.6 Å². The second-order valence-corrected chi connectivity index (χ2v) is 5.70. The number of nitrogens with one attached hydrogen (secondary N) is 1. The third-order valence-electron chi connectivity index (χ3n) is 4.12. The van der Waals surface area contributed by atoms with Crippen molar-refractivity contribution in [2.24, 2.45) is 11.8 Å². The number of hydrogen-bond donors (Lipinski definition) is 1. The highest BCUT2D eigenvalue weighted by atomic mass is 14.9. The molecule has 0 bridgehead atoms. The quantitative estimate of drug-likeness (QED) is 0.692. The lowest BCUT2D eigenvalue weighted by atomic mass is 9.82. The molecule has 1 heteroatoms. The molecule has 1 fully saturated rings. The molecule has 0 saturated heterocycles. The Labute approximate surface area is 108 Å². The first kappa shape index (κ1) is 14.8. The van der Waals surface area contributed by atoms with Gasteiger partial charge in [-0.3, -0.25) is 0 Å². The van der Waals surface area contributed by atoms with Crippen molar-refractivity contribution in [1.82, 2.24) is 5.32 Å². The molecule has 1 N–H and O–H groups in total. The van der Waals surface area contributed by atoms with Crippen molar-refractivity contribution >= 4 is 0 Å². The number of allylic oxidation sites excluding steroid dienone is 1. The van der Waals surface area contributed by atoms with Crippen molar-refractivity contribution in [3.63, 3.8) is 0 Å². The first-order chi connectivity index (χ1) is 8.24. The fourth-order valence-corrected chi connectivity index (χ4v) is 2.90. The van der Waals surface area contributed by atoms with Gasteiger partial charge in [-0.1, -0.05) is 58.1 Å². The molecular formula is C16H31N. The largest absolute Gasteiger partial charge is 0.311 e. The van der Waals surface area contributed by atoms with Crippen LogP contribution in [-0.2, 0) is 0 Å². The lowest BCUT2D eigenvalue weighted by Crippen LogP contribution is -2.23. The molecule has 2 atom stereocenters. The molecule has 0 spiro atoms. The molecule has 1 aliphatic carbocycles. The number of likely N-dealkylation sites (N-methyl/N-ethyl adjacent to an activating group) is 1. The molecule has 17 heavy (non-hydrogen) atoms. The first-order valence-corrected chi connectivity index (χ1v) is 7.65. The molecule has 100 valence electrons. The zero-order chi connectivity index (χ0) is 12.5. The molecule has 0 aromatic rings. The van der Waals surface area contributed by atoms with E-state index in [1.165, 1.54) is 44.9 Å². The molecule has 0 radical (unpaired) electrons. The van der Waals surface area contributed by atoms with E-state index in [-0.39, 0.29) is 0 Å². The van der Waals surface area contributed by atoms with Gasteiger partial charge in [0.05, 0.1) is 0 Å². The Morgan fingerprint density at radius 1 is 1.00 bits per heavy atom. The van der Waals surface area contributed by atoms with E-state index < -0.39 is 0 Å². The number of hydrogen-bond acceptors (Lipinski definition) is 1. The van der Waals surface area contributed by atoms with Crippen molar-refractivity contribution in [3.05, 3.63) is 12.2 Å². The molecule has 1 nitrogen and oxygen atoms in total. The summed E-state index contributed by atoms with van der Waals surface area (Å²) in [5, 5.41) is 3.44. The lowest BCUT2D eigenvalue weighted by molar-refractivity contribution is 0.319. The van der Waals surface area contributed by atoms with Gasteiger partial charge < -0.3 is 5.32 Å². The minimum Gasteiger partial charge on any atom is -0.311 e. The second-order valence-electron chi connectivity index (χ2n) is 5.70. The molecule has 1 aliphatic rings. The van der Waals surface area contributed by atoms with Crippen LogP contribution < -0.4 is 5.32 Å². The standard InChI is InChI=1S/C16H31N/c1-4-17-15(3)13-12-14(2)16-10-8-6-5-7-9-11-16/h12-17H,4-11H2,1-3H3. The van der Waals surface area contributed by atoms with Crippen LogP contribution in [0, 0.1) is 11.8 Å². The van der Waals surface area contributed by atoms with Gasteiger partial charge in [0.25, 0.3) is 0 Å². The van der Waals surface area contributed by atoms with Gasteiger partial charge >= 0.3 is 0 Å². The van der Waals surface area contributed by atoms with Crippen LogP contribution in [0.25, 0.3) is 0 Å². The van der Waals surface area contributed by atoms with Crippen molar-refractivity contribution in [3.8, 4) is 0 Å². The summed E-state index contributed by atoms with van der Waals surface area (Å²) in [7, 11) is 0. The summed E-state index contributed by atoms with van der Waals surface area (Å²) < 4.78 is 0. The van der Waals surface area contributed by atoms with Gasteiger partial charge in [-0.2, -0.15) is 0 Å². The Balaban J connectivity index is 2.35. The molecule has 0 aromatic heterocycles. The minimum absolute atomic E-state index is 0.524. The normalized spacial score (nSPS) is 23.2. The summed E-state index contributed by atoms with van der Waals surface area (Å²) in [6.07, 6.45) is 15.0. The highest BCUT2D eigenvalue weighted by Gasteiger charge is 2.16. The predicted molar refractivity (Wildman–Crippen MR) is 77.3 cm³/mol. The van der Waals surface area contributed by atoms with Crippen LogP contribution in [0.15, 0.2) is 12.2 Å². The van der Waals surface area contributed by atoms with Gasteiger partial charge in [-0.25, -0.2) is 0 Å². The maximum Gasteiger partial charge on any atom is 0.0221 e. The summed E-state index contributed by atoms with van der Waals surface area (Å²) in [6, 6.07) is 0.524. The maximum absolute atomic E-state index is 3.44. The highest BCUT2D eigenvalue weighted by Crippen LogP contribution is 2.28. The fraction of sp³-hybridized carbons (Fsp3) is 0.875. The fourth-order valence-electron chi connectivity index (χ4n) is 2.90. The first-order valence-electron chi connectivity index (χ1n) is 7.65. The van der Waals surface area contributed by atoms with Gasteiger partial charge in [0.1, 0.15) is 0 Å². The topological polar surface area (TPSA) is 12.0 Å². The smallest absolute Gasteiger partial charge is 0.0221 e. The Hall–Kier alpha value is -0.300. The summed E-state index contributed by atoms with van der Waals surface area (Å²) in [5.41, 5.74) is 0. The zero-order valence-corrected chi connectivity index (χ0v) is 12.0. The van der Waals surface area contributed by atoms with Crippen LogP contribution in [0.4, 0.5) is 0 Å². The van der Waals surface area contributed by atoms with Gasteiger partial charge in [-0.15, -0.1) is 0 Å². The van der Waals surface area contributed by atoms with Crippen LogP contribution >= 0.6 is 0 Å². The average molecular weight is 237 g/mol. The van der Waals surface area contributed by atoms with Gasteiger partial charge in [0.15, 0.2) is 0 Å². The van der Waals surface area contributed by atoms with E-state index in [2.05, 4.69) is 38.2 Å². The number of rotatable bonds is 5. The van der Waals surface area contributed by atoms with E-state index in [1.54, 1.807) is 0 Å². The van der Waals surface area contributed by atoms with Crippen LogP contribution in [0.2, 0.25) is 0 Å². The molecule has 0 aromatic carbocycles. The third kappa shape index (κ3) is 6.26. The Morgan fingerprint density at radius 3 is 2.18 bits per heavy atom. The van der Waals surface area contributed by atoms with E-state index in [1.807, 2.05) is 0 Å². The van der Waals surface area contributed by atoms with E-state index in [4.69, 9.17) is 0 Å². The van der Waals surface area contributed by atoms with Gasteiger partial charge in [0, 0.05) is 6.04 Å². The second kappa shape index (κ2) is 8.74. The average Bonchev–Trinajstić information content (AvgIpc) is 2.26. The summed E-state index contributed by atoms with van der Waals surface area (Å²) >= 11 is 0. The summed E-state index contributed by atoms with van der Waals surface area (Å²) in [6.45, 7) is 7.87. The third-order valence-corrected chi connectivity index (χ3v) is 4.12. The summed E-state index contributed by atoms with van der Waals surface area (Å²) in [4.78, 5) is 0. The lowest BCUT2D eigenvalue weighted by Gasteiger charge is -2.24. The van der Waals surface area contributed by atoms with Gasteiger partial charge in [0.2, 0.25) is 0 Å². The highest BCUT2D eigenvalue weighted by molar-refractivity contribution is 4.95. The molecule has 1 saturated carbocycles. The Morgan fingerprint density at radius 2 is 1.59 bits per heavy atom. The maximum atomic E-state index is 3.44.